The molecule has 1 rings (SSSR count). The molecular weight excluding hydrogens is 290 g/mol. The van der Waals surface area contributed by atoms with E-state index in [1.807, 2.05) is 0 Å². The molecule has 0 atom stereocenters. The molecule has 0 aliphatic carbocycles. The number of hydrogen-bond donors (Lipinski definition) is 3. The largest absolute Gasteiger partial charge is 0.383 e. The van der Waals surface area contributed by atoms with Crippen LogP contribution in [0.4, 0.5) is 20.3 Å². The van der Waals surface area contributed by atoms with Crippen molar-refractivity contribution in [1.29, 1.82) is 0 Å². The molecule has 0 spiro atoms. The van der Waals surface area contributed by atoms with Crippen molar-refractivity contribution >= 4 is 11.5 Å². The lowest BCUT2D eigenvalue weighted by Gasteiger charge is -2.13. The number of H-pyrrole nitrogens is 1. The van der Waals surface area contributed by atoms with E-state index in [1.54, 1.807) is 0 Å². The maximum atomic E-state index is 11.9. The molecule has 0 aromatic carbocycles. The van der Waals surface area contributed by atoms with Crippen molar-refractivity contribution in [3.05, 3.63) is 20.8 Å². The summed E-state index contributed by atoms with van der Waals surface area (Å²) in [5.74, 6) is -0.0466. The van der Waals surface area contributed by atoms with Gasteiger partial charge in [-0.1, -0.05) is 0 Å². The third-order valence-electron chi connectivity index (χ3n) is 2.55. The van der Waals surface area contributed by atoms with E-state index in [-0.39, 0.29) is 37.8 Å². The van der Waals surface area contributed by atoms with E-state index in [9.17, 15) is 18.4 Å². The van der Waals surface area contributed by atoms with E-state index in [4.69, 9.17) is 10.5 Å². The van der Waals surface area contributed by atoms with E-state index < -0.39 is 24.3 Å². The number of anilines is 2. The number of nitrogens with two attached hydrogens (primary N) is 1. The molecule has 0 fully saturated rings. The molecular formula is C11H18F2N4O4. The van der Waals surface area contributed by atoms with E-state index in [2.05, 4.69) is 15.0 Å². The van der Waals surface area contributed by atoms with Crippen molar-refractivity contribution in [1.82, 2.24) is 9.55 Å². The maximum absolute atomic E-state index is 11.9. The van der Waals surface area contributed by atoms with Crippen LogP contribution in [0, 0.1) is 0 Å². The van der Waals surface area contributed by atoms with Crippen LogP contribution in [-0.4, -0.2) is 49.5 Å². The molecule has 0 radical (unpaired) electrons. The Balaban J connectivity index is 2.73. The molecule has 0 saturated heterocycles. The predicted molar refractivity (Wildman–Crippen MR) is 72.9 cm³/mol. The highest BCUT2D eigenvalue weighted by atomic mass is 19.3. The molecule has 1 heterocycles. The van der Waals surface area contributed by atoms with Gasteiger partial charge < -0.3 is 20.5 Å². The summed E-state index contributed by atoms with van der Waals surface area (Å²) in [6.45, 7) is -0.189. The Labute approximate surface area is 118 Å². The Morgan fingerprint density at radius 1 is 1.38 bits per heavy atom. The van der Waals surface area contributed by atoms with Crippen LogP contribution >= 0.6 is 0 Å². The number of nitrogens with one attached hydrogen (secondary N) is 2. The third kappa shape index (κ3) is 5.16. The maximum Gasteiger partial charge on any atom is 0.330 e. The summed E-state index contributed by atoms with van der Waals surface area (Å²) in [6, 6.07) is 0. The summed E-state index contributed by atoms with van der Waals surface area (Å²) >= 11 is 0. The zero-order valence-corrected chi connectivity index (χ0v) is 11.5. The molecule has 4 N–H and O–H groups in total. The van der Waals surface area contributed by atoms with Gasteiger partial charge >= 0.3 is 5.69 Å². The van der Waals surface area contributed by atoms with Gasteiger partial charge in [0.2, 0.25) is 0 Å². The third-order valence-corrected chi connectivity index (χ3v) is 2.55. The fraction of sp³-hybridized carbons (Fsp3) is 0.636. The van der Waals surface area contributed by atoms with Gasteiger partial charge in [-0.2, -0.15) is 0 Å². The van der Waals surface area contributed by atoms with Gasteiger partial charge in [-0.3, -0.25) is 14.3 Å². The Morgan fingerprint density at radius 3 is 2.71 bits per heavy atom. The standard InChI is InChI=1S/C11H18F2N4O4/c1-20-5-3-17-9(14)8(10(18)16-11(17)19)15-2-4-21-6-7(12)13/h7,15H,2-6,14H2,1H3,(H,16,18,19). The number of nitrogen functional groups attached to an aromatic ring is 1. The normalized spacial score (nSPS) is 11.0. The highest BCUT2D eigenvalue weighted by molar-refractivity contribution is 5.60. The number of alkyl halides is 2. The average Bonchev–Trinajstić information content (AvgIpc) is 2.41. The molecule has 0 amide bonds. The van der Waals surface area contributed by atoms with Crippen molar-refractivity contribution in [2.45, 2.75) is 13.0 Å². The molecule has 21 heavy (non-hydrogen) atoms. The van der Waals surface area contributed by atoms with Gasteiger partial charge in [-0.05, 0) is 0 Å². The quantitative estimate of drug-likeness (QED) is 0.528. The number of halogens is 2. The summed E-state index contributed by atoms with van der Waals surface area (Å²) in [7, 11) is 1.46. The molecule has 120 valence electrons. The zero-order chi connectivity index (χ0) is 15.8. The summed E-state index contributed by atoms with van der Waals surface area (Å²) in [4.78, 5) is 25.4. The topological polar surface area (TPSA) is 111 Å². The smallest absolute Gasteiger partial charge is 0.330 e. The molecule has 10 heteroatoms. The molecule has 0 saturated carbocycles. The SMILES string of the molecule is COCCn1c(N)c(NCCOCC(F)F)c(=O)[nH]c1=O. The second kappa shape index (κ2) is 8.37. The van der Waals surface area contributed by atoms with Gasteiger partial charge in [0.1, 0.15) is 18.1 Å². The highest BCUT2D eigenvalue weighted by Crippen LogP contribution is 2.09. The van der Waals surface area contributed by atoms with E-state index in [0.717, 1.165) is 4.57 Å². The first-order chi connectivity index (χ1) is 9.97. The fourth-order valence-electron chi connectivity index (χ4n) is 1.58. The molecule has 1 aromatic rings. The van der Waals surface area contributed by atoms with Gasteiger partial charge in [0.15, 0.2) is 0 Å². The lowest BCUT2D eigenvalue weighted by molar-refractivity contribution is 0.0215. The van der Waals surface area contributed by atoms with E-state index >= 15 is 0 Å². The highest BCUT2D eigenvalue weighted by Gasteiger charge is 2.11. The fourth-order valence-corrected chi connectivity index (χ4v) is 1.58. The van der Waals surface area contributed by atoms with Crippen LogP contribution in [0.2, 0.25) is 0 Å². The molecule has 0 aliphatic heterocycles. The number of aromatic nitrogens is 2. The molecule has 1 aromatic heterocycles. The van der Waals surface area contributed by atoms with Gasteiger partial charge in [-0.15, -0.1) is 0 Å². The Morgan fingerprint density at radius 2 is 2.10 bits per heavy atom. The minimum Gasteiger partial charge on any atom is -0.383 e. The molecule has 0 aliphatic rings. The van der Waals surface area contributed by atoms with Crippen LogP contribution < -0.4 is 22.3 Å². The van der Waals surface area contributed by atoms with E-state index in [1.165, 1.54) is 7.11 Å². The van der Waals surface area contributed by atoms with Crippen molar-refractivity contribution in [3.8, 4) is 0 Å². The summed E-state index contributed by atoms with van der Waals surface area (Å²) in [5, 5.41) is 2.66. The minimum absolute atomic E-state index is 0.00801. The number of rotatable bonds is 9. The lowest BCUT2D eigenvalue weighted by Crippen LogP contribution is -2.35. The van der Waals surface area contributed by atoms with Gasteiger partial charge in [0.05, 0.1) is 19.8 Å². The van der Waals surface area contributed by atoms with Crippen molar-refractivity contribution in [2.75, 3.05) is 44.5 Å². The van der Waals surface area contributed by atoms with Gasteiger partial charge in [0.25, 0.3) is 12.0 Å². The summed E-state index contributed by atoms with van der Waals surface area (Å²) in [5.41, 5.74) is 4.42. The first-order valence-electron chi connectivity index (χ1n) is 6.18. The second-order valence-electron chi connectivity index (χ2n) is 4.06. The van der Waals surface area contributed by atoms with Crippen molar-refractivity contribution < 1.29 is 18.3 Å². The van der Waals surface area contributed by atoms with Gasteiger partial charge in [-0.25, -0.2) is 13.6 Å². The van der Waals surface area contributed by atoms with Crippen LogP contribution in [0.5, 0.6) is 0 Å². The minimum atomic E-state index is -2.55. The first kappa shape index (κ1) is 17.1. The monoisotopic (exact) mass is 308 g/mol. The number of ether oxygens (including phenoxy) is 2. The van der Waals surface area contributed by atoms with Crippen LogP contribution in [0.1, 0.15) is 0 Å². The average molecular weight is 308 g/mol. The number of nitrogens with zero attached hydrogens (tertiary/aromatic N) is 1. The van der Waals surface area contributed by atoms with Crippen LogP contribution in [-0.2, 0) is 16.0 Å². The van der Waals surface area contributed by atoms with Gasteiger partial charge in [0, 0.05) is 13.7 Å². The Kier molecular flexibility index (Phi) is 6.82. The van der Waals surface area contributed by atoms with Crippen molar-refractivity contribution in [2.24, 2.45) is 0 Å². The second-order valence-corrected chi connectivity index (χ2v) is 4.06. The molecule has 0 bridgehead atoms. The number of hydrogen-bond acceptors (Lipinski definition) is 6. The summed E-state index contributed by atoms with van der Waals surface area (Å²) in [6.07, 6.45) is -2.55. The van der Waals surface area contributed by atoms with Crippen LogP contribution in [0.15, 0.2) is 9.59 Å². The Hall–Kier alpha value is -1.94. The lowest BCUT2D eigenvalue weighted by atomic mass is 10.4. The van der Waals surface area contributed by atoms with Crippen LogP contribution in [0.25, 0.3) is 0 Å². The zero-order valence-electron chi connectivity index (χ0n) is 11.5. The number of aromatic amines is 1. The molecule has 8 nitrogen and oxygen atoms in total. The first-order valence-corrected chi connectivity index (χ1v) is 6.18. The van der Waals surface area contributed by atoms with Crippen molar-refractivity contribution in [3.63, 3.8) is 0 Å². The molecule has 0 unspecified atom stereocenters. The van der Waals surface area contributed by atoms with Crippen LogP contribution in [0.3, 0.4) is 0 Å². The predicted octanol–water partition coefficient (Wildman–Crippen LogP) is -0.541. The number of methoxy groups -OCH3 is 1. The summed E-state index contributed by atoms with van der Waals surface area (Å²) < 4.78 is 34.4. The van der Waals surface area contributed by atoms with E-state index in [0.29, 0.717) is 0 Å². The Bertz CT molecular complexity index is 558.